The lowest BCUT2D eigenvalue weighted by Gasteiger charge is -2.41. The molecule has 10 heteroatoms. The average Bonchev–Trinajstić information content (AvgIpc) is 2.68. The summed E-state index contributed by atoms with van der Waals surface area (Å²) < 4.78 is 45.9. The van der Waals surface area contributed by atoms with Crippen molar-refractivity contribution in [3.63, 3.8) is 0 Å². The summed E-state index contributed by atoms with van der Waals surface area (Å²) in [5.41, 5.74) is -0.288. The van der Waals surface area contributed by atoms with Crippen LogP contribution in [0.2, 0.25) is 0 Å². The van der Waals surface area contributed by atoms with E-state index in [1.54, 1.807) is 6.92 Å². The molecule has 3 unspecified atom stereocenters. The summed E-state index contributed by atoms with van der Waals surface area (Å²) in [6.07, 6.45) is -2.03. The maximum absolute atomic E-state index is 13.4. The van der Waals surface area contributed by atoms with E-state index in [1.165, 1.54) is 18.5 Å². The number of nitrogens with zero attached hydrogens (tertiary/aromatic N) is 4. The number of hydrogen-bond donors (Lipinski definition) is 1. The second-order valence-corrected chi connectivity index (χ2v) is 8.47. The van der Waals surface area contributed by atoms with E-state index in [1.807, 2.05) is 16.7 Å². The molecular formula is C21H25F3N4O3. The predicted octanol–water partition coefficient (Wildman–Crippen LogP) is 2.47. The summed E-state index contributed by atoms with van der Waals surface area (Å²) in [6, 6.07) is 2.00. The lowest BCUT2D eigenvalue weighted by Crippen LogP contribution is -2.57. The molecule has 2 aromatic rings. The van der Waals surface area contributed by atoms with E-state index in [2.05, 4.69) is 9.97 Å². The summed E-state index contributed by atoms with van der Waals surface area (Å²) in [5.74, 6) is -0.190. The van der Waals surface area contributed by atoms with Crippen molar-refractivity contribution in [2.45, 2.75) is 44.7 Å². The van der Waals surface area contributed by atoms with E-state index in [9.17, 15) is 23.1 Å². The first kappa shape index (κ1) is 21.8. The molecular weight excluding hydrogens is 413 g/mol. The fourth-order valence-corrected chi connectivity index (χ4v) is 4.32. The SMILES string of the molecule is CC1CC(OC(=O)C(C)N2CC(O)C2)CN(c2ccc(C(F)(F)F)c3nccnc23)C1. The topological polar surface area (TPSA) is 78.8 Å². The number of carbonyl (C=O) groups is 1. The number of anilines is 1. The first-order valence-electron chi connectivity index (χ1n) is 10.3. The third-order valence-electron chi connectivity index (χ3n) is 5.93. The smallest absolute Gasteiger partial charge is 0.418 e. The number of aliphatic hydroxyl groups excluding tert-OH is 1. The van der Waals surface area contributed by atoms with Crippen LogP contribution < -0.4 is 4.90 Å². The van der Waals surface area contributed by atoms with E-state index in [4.69, 9.17) is 4.74 Å². The van der Waals surface area contributed by atoms with Crippen LogP contribution in [-0.2, 0) is 15.7 Å². The molecule has 3 heterocycles. The summed E-state index contributed by atoms with van der Waals surface area (Å²) in [5, 5.41) is 9.44. The van der Waals surface area contributed by atoms with Crippen LogP contribution in [0.3, 0.4) is 0 Å². The van der Waals surface area contributed by atoms with Crippen LogP contribution >= 0.6 is 0 Å². The number of benzene rings is 1. The molecule has 0 spiro atoms. The molecule has 2 aliphatic heterocycles. The van der Waals surface area contributed by atoms with E-state index >= 15 is 0 Å². The zero-order chi connectivity index (χ0) is 22.3. The number of aliphatic hydroxyl groups is 1. The number of β-amino-alcohol motifs (C(OH)–C–C–N with tert-alkyl or cyclic N) is 1. The van der Waals surface area contributed by atoms with Gasteiger partial charge in [-0.15, -0.1) is 0 Å². The van der Waals surface area contributed by atoms with Gasteiger partial charge in [-0.2, -0.15) is 13.2 Å². The highest BCUT2D eigenvalue weighted by molar-refractivity contribution is 5.90. The van der Waals surface area contributed by atoms with E-state index in [0.717, 1.165) is 6.07 Å². The summed E-state index contributed by atoms with van der Waals surface area (Å²) in [4.78, 5) is 24.4. The lowest BCUT2D eigenvalue weighted by atomic mass is 9.96. The van der Waals surface area contributed by atoms with Gasteiger partial charge in [0.05, 0.1) is 23.9 Å². The molecule has 2 aliphatic rings. The number of carbonyl (C=O) groups excluding carboxylic acids is 1. The van der Waals surface area contributed by atoms with E-state index in [0.29, 0.717) is 38.3 Å². The molecule has 0 aliphatic carbocycles. The fourth-order valence-electron chi connectivity index (χ4n) is 4.32. The van der Waals surface area contributed by atoms with Crippen LogP contribution in [0, 0.1) is 5.92 Å². The van der Waals surface area contributed by atoms with Gasteiger partial charge >= 0.3 is 12.1 Å². The van der Waals surface area contributed by atoms with Crippen LogP contribution in [0.25, 0.3) is 11.0 Å². The zero-order valence-corrected chi connectivity index (χ0v) is 17.3. The van der Waals surface area contributed by atoms with Gasteiger partial charge in [-0.3, -0.25) is 19.7 Å². The van der Waals surface area contributed by atoms with Gasteiger partial charge in [0.1, 0.15) is 23.2 Å². The van der Waals surface area contributed by atoms with Gasteiger partial charge < -0.3 is 14.7 Å². The van der Waals surface area contributed by atoms with Gasteiger partial charge in [0.2, 0.25) is 0 Å². The molecule has 0 radical (unpaired) electrons. The van der Waals surface area contributed by atoms with Crippen LogP contribution in [0.4, 0.5) is 18.9 Å². The largest absolute Gasteiger partial charge is 0.459 e. The highest BCUT2D eigenvalue weighted by atomic mass is 19.4. The van der Waals surface area contributed by atoms with Crippen molar-refractivity contribution in [1.82, 2.24) is 14.9 Å². The first-order chi connectivity index (χ1) is 14.6. The van der Waals surface area contributed by atoms with Crippen LogP contribution in [0.15, 0.2) is 24.5 Å². The zero-order valence-electron chi connectivity index (χ0n) is 17.3. The number of alkyl halides is 3. The number of likely N-dealkylation sites (tertiary alicyclic amines) is 1. The second-order valence-electron chi connectivity index (χ2n) is 8.47. The molecule has 0 bridgehead atoms. The molecule has 0 saturated carbocycles. The molecule has 1 aromatic carbocycles. The van der Waals surface area contributed by atoms with E-state index < -0.39 is 23.9 Å². The maximum Gasteiger partial charge on any atom is 0.418 e. The lowest BCUT2D eigenvalue weighted by molar-refractivity contribution is -0.160. The highest BCUT2D eigenvalue weighted by Gasteiger charge is 2.37. The minimum atomic E-state index is -4.53. The van der Waals surface area contributed by atoms with Crippen molar-refractivity contribution in [3.8, 4) is 0 Å². The molecule has 4 rings (SSSR count). The third-order valence-corrected chi connectivity index (χ3v) is 5.93. The Labute approximate surface area is 177 Å². The minimum absolute atomic E-state index is 0.168. The number of ether oxygens (including phenoxy) is 1. The predicted molar refractivity (Wildman–Crippen MR) is 107 cm³/mol. The third kappa shape index (κ3) is 4.45. The van der Waals surface area contributed by atoms with Crippen molar-refractivity contribution in [1.29, 1.82) is 0 Å². The molecule has 168 valence electrons. The second kappa shape index (κ2) is 8.23. The van der Waals surface area contributed by atoms with Crippen molar-refractivity contribution in [2.75, 3.05) is 31.1 Å². The Kier molecular flexibility index (Phi) is 5.78. The van der Waals surface area contributed by atoms with E-state index in [-0.39, 0.29) is 29.0 Å². The van der Waals surface area contributed by atoms with Gasteiger partial charge in [-0.05, 0) is 31.4 Å². The molecule has 0 amide bonds. The van der Waals surface area contributed by atoms with Crippen LogP contribution in [0.1, 0.15) is 25.8 Å². The average molecular weight is 438 g/mol. The normalized spacial score (nSPS) is 24.1. The van der Waals surface area contributed by atoms with Crippen molar-refractivity contribution in [3.05, 3.63) is 30.1 Å². The Morgan fingerprint density at radius 3 is 2.48 bits per heavy atom. The van der Waals surface area contributed by atoms with Crippen molar-refractivity contribution < 1.29 is 27.8 Å². The number of aromatic nitrogens is 2. The Bertz CT molecular complexity index is 965. The van der Waals surface area contributed by atoms with Crippen LogP contribution in [0.5, 0.6) is 0 Å². The quantitative estimate of drug-likeness (QED) is 0.735. The molecule has 2 saturated heterocycles. The Balaban J connectivity index is 1.55. The van der Waals surface area contributed by atoms with Gasteiger partial charge in [0.15, 0.2) is 0 Å². The van der Waals surface area contributed by atoms with Crippen molar-refractivity contribution >= 4 is 22.7 Å². The number of esters is 1. The number of rotatable bonds is 4. The number of halogens is 3. The molecule has 1 N–H and O–H groups in total. The number of piperidine rings is 1. The highest BCUT2D eigenvalue weighted by Crippen LogP contribution is 2.37. The Morgan fingerprint density at radius 1 is 1.16 bits per heavy atom. The van der Waals surface area contributed by atoms with Crippen molar-refractivity contribution in [2.24, 2.45) is 5.92 Å². The number of fused-ring (bicyclic) bond motifs is 1. The Morgan fingerprint density at radius 2 is 1.84 bits per heavy atom. The van der Waals surface area contributed by atoms with Crippen LogP contribution in [-0.4, -0.2) is 70.4 Å². The summed E-state index contributed by atoms with van der Waals surface area (Å²) >= 11 is 0. The molecule has 2 fully saturated rings. The van der Waals surface area contributed by atoms with Gasteiger partial charge in [-0.1, -0.05) is 6.92 Å². The first-order valence-corrected chi connectivity index (χ1v) is 10.3. The minimum Gasteiger partial charge on any atom is -0.459 e. The molecule has 1 aromatic heterocycles. The summed E-state index contributed by atoms with van der Waals surface area (Å²) in [7, 11) is 0. The Hall–Kier alpha value is -2.46. The standard InChI is InChI=1S/C21H25F3N4O3/c1-12-7-15(31-20(30)13(2)27-9-14(29)10-27)11-28(8-12)17-4-3-16(21(22,23)24)18-19(17)26-6-5-25-18/h3-6,12-15,29H,7-11H2,1-2H3. The molecule has 7 nitrogen and oxygen atoms in total. The summed E-state index contributed by atoms with van der Waals surface area (Å²) in [6.45, 7) is 5.62. The maximum atomic E-state index is 13.4. The molecule has 31 heavy (non-hydrogen) atoms. The molecule has 3 atom stereocenters. The van der Waals surface area contributed by atoms with Gasteiger partial charge in [0, 0.05) is 32.0 Å². The monoisotopic (exact) mass is 438 g/mol. The van der Waals surface area contributed by atoms with Gasteiger partial charge in [-0.25, -0.2) is 0 Å². The van der Waals surface area contributed by atoms with Gasteiger partial charge in [0.25, 0.3) is 0 Å². The fraction of sp³-hybridized carbons (Fsp3) is 0.571. The number of hydrogen-bond acceptors (Lipinski definition) is 7.